The maximum Gasteiger partial charge on any atom is 0.119 e. The number of aryl methyl sites for hydroxylation is 1. The predicted molar refractivity (Wildman–Crippen MR) is 62.7 cm³/mol. The van der Waals surface area contributed by atoms with Crippen molar-refractivity contribution in [2.45, 2.75) is 13.5 Å². The van der Waals surface area contributed by atoms with Gasteiger partial charge in [-0.2, -0.15) is 5.10 Å². The van der Waals surface area contributed by atoms with Gasteiger partial charge in [0.15, 0.2) is 0 Å². The lowest BCUT2D eigenvalue weighted by atomic mass is 10.1. The maximum absolute atomic E-state index is 5.73. The minimum absolute atomic E-state index is 0.464. The minimum Gasteiger partial charge on any atom is -0.497 e. The molecule has 2 rings (SSSR count). The second-order valence-corrected chi connectivity index (χ2v) is 3.58. The summed E-state index contributed by atoms with van der Waals surface area (Å²) in [7, 11) is 1.65. The van der Waals surface area contributed by atoms with E-state index in [2.05, 4.69) is 5.10 Å². The lowest BCUT2D eigenvalue weighted by Gasteiger charge is -2.11. The summed E-state index contributed by atoms with van der Waals surface area (Å²) < 4.78 is 7.05. The van der Waals surface area contributed by atoms with E-state index in [1.54, 1.807) is 13.3 Å². The molecule has 4 nitrogen and oxygen atoms in total. The average Bonchev–Trinajstić information content (AvgIpc) is 2.74. The molecule has 0 fully saturated rings. The topological polar surface area (TPSA) is 53.1 Å². The van der Waals surface area contributed by atoms with Crippen LogP contribution in [0.1, 0.15) is 11.3 Å². The Bertz CT molecular complexity index is 491. The van der Waals surface area contributed by atoms with E-state index in [0.29, 0.717) is 6.54 Å². The smallest absolute Gasteiger partial charge is 0.119 e. The lowest BCUT2D eigenvalue weighted by Crippen LogP contribution is -2.07. The van der Waals surface area contributed by atoms with Gasteiger partial charge in [-0.15, -0.1) is 0 Å². The summed E-state index contributed by atoms with van der Waals surface area (Å²) in [4.78, 5) is 0. The van der Waals surface area contributed by atoms with Crippen LogP contribution in [-0.2, 0) is 6.54 Å². The Labute approximate surface area is 94.6 Å². The van der Waals surface area contributed by atoms with Crippen LogP contribution in [0.3, 0.4) is 0 Å². The first-order valence-corrected chi connectivity index (χ1v) is 5.14. The number of methoxy groups -OCH3 is 1. The molecule has 2 N–H and O–H groups in total. The van der Waals surface area contributed by atoms with E-state index in [-0.39, 0.29) is 0 Å². The number of ether oxygens (including phenoxy) is 1. The third-order valence-electron chi connectivity index (χ3n) is 2.57. The molecule has 0 spiro atoms. The molecule has 0 aliphatic carbocycles. The second kappa shape index (κ2) is 4.37. The molecule has 0 amide bonds. The van der Waals surface area contributed by atoms with E-state index in [1.807, 2.05) is 35.9 Å². The second-order valence-electron chi connectivity index (χ2n) is 3.58. The quantitative estimate of drug-likeness (QED) is 0.850. The number of benzene rings is 1. The van der Waals surface area contributed by atoms with E-state index in [0.717, 1.165) is 22.7 Å². The van der Waals surface area contributed by atoms with Gasteiger partial charge >= 0.3 is 0 Å². The van der Waals surface area contributed by atoms with E-state index < -0.39 is 0 Å². The highest BCUT2D eigenvalue weighted by Gasteiger charge is 2.07. The number of hydrogen-bond donors (Lipinski definition) is 1. The normalized spacial score (nSPS) is 10.4. The molecule has 0 unspecified atom stereocenters. The highest BCUT2D eigenvalue weighted by Crippen LogP contribution is 2.21. The molecule has 1 aromatic heterocycles. The van der Waals surface area contributed by atoms with Gasteiger partial charge in [-0.05, 0) is 36.8 Å². The van der Waals surface area contributed by atoms with Gasteiger partial charge < -0.3 is 10.5 Å². The highest BCUT2D eigenvalue weighted by atomic mass is 16.5. The number of rotatable bonds is 3. The predicted octanol–water partition coefficient (Wildman–Crippen LogP) is 1.65. The van der Waals surface area contributed by atoms with Crippen molar-refractivity contribution in [3.05, 3.63) is 41.7 Å². The van der Waals surface area contributed by atoms with Crippen molar-refractivity contribution >= 4 is 0 Å². The van der Waals surface area contributed by atoms with Crippen LogP contribution >= 0.6 is 0 Å². The van der Waals surface area contributed by atoms with E-state index >= 15 is 0 Å². The Morgan fingerprint density at radius 2 is 2.19 bits per heavy atom. The van der Waals surface area contributed by atoms with Gasteiger partial charge in [0.25, 0.3) is 0 Å². The van der Waals surface area contributed by atoms with Gasteiger partial charge in [-0.3, -0.25) is 0 Å². The van der Waals surface area contributed by atoms with Crippen LogP contribution in [0, 0.1) is 6.92 Å². The van der Waals surface area contributed by atoms with E-state index in [1.165, 1.54) is 0 Å². The SMILES string of the molecule is COc1ccc(-n2nccc2C)c(CN)c1. The van der Waals surface area contributed by atoms with Crippen LogP contribution in [0.4, 0.5) is 0 Å². The van der Waals surface area contributed by atoms with Crippen LogP contribution < -0.4 is 10.5 Å². The Morgan fingerprint density at radius 3 is 2.75 bits per heavy atom. The summed E-state index contributed by atoms with van der Waals surface area (Å²) in [5.41, 5.74) is 8.84. The summed E-state index contributed by atoms with van der Waals surface area (Å²) in [5, 5.41) is 4.27. The summed E-state index contributed by atoms with van der Waals surface area (Å²) in [6.07, 6.45) is 1.78. The first kappa shape index (κ1) is 10.7. The molecule has 0 saturated heterocycles. The van der Waals surface area contributed by atoms with Gasteiger partial charge in [0, 0.05) is 18.4 Å². The van der Waals surface area contributed by atoms with Crippen LogP contribution in [0.15, 0.2) is 30.5 Å². The third kappa shape index (κ3) is 1.79. The van der Waals surface area contributed by atoms with Crippen molar-refractivity contribution in [1.82, 2.24) is 9.78 Å². The molecule has 16 heavy (non-hydrogen) atoms. The number of hydrogen-bond acceptors (Lipinski definition) is 3. The average molecular weight is 217 g/mol. The molecule has 2 aromatic rings. The minimum atomic E-state index is 0.464. The van der Waals surface area contributed by atoms with Crippen LogP contribution in [0.2, 0.25) is 0 Å². The van der Waals surface area contributed by atoms with Gasteiger partial charge in [0.1, 0.15) is 5.75 Å². The standard InChI is InChI=1S/C12H15N3O/c1-9-5-6-14-15(9)12-4-3-11(16-2)7-10(12)8-13/h3-7H,8,13H2,1-2H3. The van der Waals surface area contributed by atoms with Crippen LogP contribution in [0.5, 0.6) is 5.75 Å². The zero-order chi connectivity index (χ0) is 11.5. The monoisotopic (exact) mass is 217 g/mol. The third-order valence-corrected chi connectivity index (χ3v) is 2.57. The van der Waals surface area contributed by atoms with Crippen molar-refractivity contribution < 1.29 is 4.74 Å². The van der Waals surface area contributed by atoms with Gasteiger partial charge in [-0.1, -0.05) is 0 Å². The molecule has 1 heterocycles. The van der Waals surface area contributed by atoms with Crippen molar-refractivity contribution in [3.63, 3.8) is 0 Å². The van der Waals surface area contributed by atoms with E-state index in [9.17, 15) is 0 Å². The Balaban J connectivity index is 2.53. The fraction of sp³-hybridized carbons (Fsp3) is 0.250. The Hall–Kier alpha value is -1.81. The summed E-state index contributed by atoms with van der Waals surface area (Å²) >= 11 is 0. The lowest BCUT2D eigenvalue weighted by molar-refractivity contribution is 0.414. The zero-order valence-corrected chi connectivity index (χ0v) is 9.47. The number of nitrogens with zero attached hydrogens (tertiary/aromatic N) is 2. The molecule has 0 aliphatic heterocycles. The van der Waals surface area contributed by atoms with Crippen molar-refractivity contribution in [2.75, 3.05) is 7.11 Å². The molecular weight excluding hydrogens is 202 g/mol. The highest BCUT2D eigenvalue weighted by molar-refractivity contribution is 5.46. The molecule has 0 atom stereocenters. The molecule has 0 bridgehead atoms. The van der Waals surface area contributed by atoms with Gasteiger partial charge in [0.2, 0.25) is 0 Å². The number of nitrogens with two attached hydrogens (primary N) is 1. The van der Waals surface area contributed by atoms with Crippen molar-refractivity contribution in [3.8, 4) is 11.4 Å². The van der Waals surface area contributed by atoms with Crippen LogP contribution in [0.25, 0.3) is 5.69 Å². The zero-order valence-electron chi connectivity index (χ0n) is 9.47. The van der Waals surface area contributed by atoms with Crippen molar-refractivity contribution in [1.29, 1.82) is 0 Å². The van der Waals surface area contributed by atoms with Gasteiger partial charge in [0.05, 0.1) is 12.8 Å². The van der Waals surface area contributed by atoms with Crippen LogP contribution in [-0.4, -0.2) is 16.9 Å². The van der Waals surface area contributed by atoms with Gasteiger partial charge in [-0.25, -0.2) is 4.68 Å². The van der Waals surface area contributed by atoms with Crippen molar-refractivity contribution in [2.24, 2.45) is 5.73 Å². The summed E-state index contributed by atoms with van der Waals surface area (Å²) in [6.45, 7) is 2.48. The molecule has 0 aliphatic rings. The Kier molecular flexibility index (Phi) is 2.92. The molecular formula is C12H15N3O. The largest absolute Gasteiger partial charge is 0.497 e. The maximum atomic E-state index is 5.73. The molecule has 0 radical (unpaired) electrons. The summed E-state index contributed by atoms with van der Waals surface area (Å²) in [5.74, 6) is 0.814. The number of aromatic nitrogens is 2. The molecule has 84 valence electrons. The molecule has 1 aromatic carbocycles. The first-order valence-electron chi connectivity index (χ1n) is 5.14. The Morgan fingerprint density at radius 1 is 1.38 bits per heavy atom. The fourth-order valence-electron chi connectivity index (χ4n) is 1.68. The fourth-order valence-corrected chi connectivity index (χ4v) is 1.68. The first-order chi connectivity index (χ1) is 7.76. The molecule has 0 saturated carbocycles. The summed E-state index contributed by atoms with van der Waals surface area (Å²) in [6, 6.07) is 7.79. The van der Waals surface area contributed by atoms with E-state index in [4.69, 9.17) is 10.5 Å². The molecule has 4 heteroatoms.